The molecular weight excluding hydrogens is 324 g/mol. The molecule has 1 aromatic heterocycles. The Balaban J connectivity index is 1.57. The van der Waals surface area contributed by atoms with Crippen molar-refractivity contribution >= 4 is 39.0 Å². The summed E-state index contributed by atoms with van der Waals surface area (Å²) in [7, 11) is 0. The number of nitriles is 1. The van der Waals surface area contributed by atoms with Crippen molar-refractivity contribution in [2.75, 3.05) is 11.9 Å². The van der Waals surface area contributed by atoms with Gasteiger partial charge in [0, 0.05) is 10.4 Å². The Labute approximate surface area is 142 Å². The zero-order valence-electron chi connectivity index (χ0n) is 12.5. The molecule has 1 N–H and O–H groups in total. The number of anilines is 1. The quantitative estimate of drug-likeness (QED) is 0.739. The number of nitrogens with zero attached hydrogens (tertiary/aromatic N) is 1. The summed E-state index contributed by atoms with van der Waals surface area (Å²) in [4.78, 5) is 24.3. The van der Waals surface area contributed by atoms with Crippen LogP contribution in [-0.4, -0.2) is 18.5 Å². The monoisotopic (exact) mass is 336 g/mol. The number of esters is 1. The first kappa shape index (κ1) is 15.7. The molecule has 0 atom stereocenters. The maximum atomic E-state index is 12.0. The van der Waals surface area contributed by atoms with Gasteiger partial charge in [-0.05, 0) is 41.8 Å². The van der Waals surface area contributed by atoms with Crippen LogP contribution in [0.1, 0.15) is 15.2 Å². The molecule has 24 heavy (non-hydrogen) atoms. The van der Waals surface area contributed by atoms with Gasteiger partial charge < -0.3 is 10.1 Å². The molecular formula is C18H12N2O3S. The number of carbonyl (C=O) groups is 2. The summed E-state index contributed by atoms with van der Waals surface area (Å²) in [5.74, 6) is -0.958. The molecule has 3 rings (SSSR count). The lowest BCUT2D eigenvalue weighted by Crippen LogP contribution is -2.20. The van der Waals surface area contributed by atoms with E-state index in [1.807, 2.05) is 30.3 Å². The minimum absolute atomic E-state index is 0.368. The van der Waals surface area contributed by atoms with Crippen LogP contribution >= 0.6 is 11.3 Å². The Kier molecular flexibility index (Phi) is 4.54. The summed E-state index contributed by atoms with van der Waals surface area (Å²) >= 11 is 1.33. The van der Waals surface area contributed by atoms with E-state index in [1.165, 1.54) is 11.3 Å². The molecule has 0 bridgehead atoms. The summed E-state index contributed by atoms with van der Waals surface area (Å²) < 4.78 is 6.04. The van der Waals surface area contributed by atoms with E-state index in [-0.39, 0.29) is 6.61 Å². The van der Waals surface area contributed by atoms with Gasteiger partial charge in [-0.1, -0.05) is 18.2 Å². The van der Waals surface area contributed by atoms with E-state index >= 15 is 0 Å². The maximum Gasteiger partial charge on any atom is 0.348 e. The van der Waals surface area contributed by atoms with E-state index in [9.17, 15) is 9.59 Å². The van der Waals surface area contributed by atoms with Crippen LogP contribution in [-0.2, 0) is 9.53 Å². The van der Waals surface area contributed by atoms with Crippen molar-refractivity contribution in [3.8, 4) is 6.07 Å². The van der Waals surface area contributed by atoms with E-state index in [0.29, 0.717) is 16.1 Å². The molecule has 6 heteroatoms. The van der Waals surface area contributed by atoms with Gasteiger partial charge in [-0.15, -0.1) is 11.3 Å². The Hall–Kier alpha value is -3.17. The van der Waals surface area contributed by atoms with Gasteiger partial charge in [0.05, 0.1) is 11.6 Å². The number of carbonyl (C=O) groups excluding carboxylic acids is 2. The number of hydrogen-bond donors (Lipinski definition) is 1. The minimum Gasteiger partial charge on any atom is -0.451 e. The number of amides is 1. The Morgan fingerprint density at radius 3 is 2.58 bits per heavy atom. The lowest BCUT2D eigenvalue weighted by Gasteiger charge is -2.05. The molecule has 0 fully saturated rings. The Morgan fingerprint density at radius 2 is 1.88 bits per heavy atom. The standard InChI is InChI=1S/C18H12N2O3S/c19-10-12-5-7-14(8-6-12)20-17(21)11-23-18(22)16-9-13-3-1-2-4-15(13)24-16/h1-9H,11H2,(H,20,21). The van der Waals surface area contributed by atoms with Crippen LogP contribution in [0, 0.1) is 11.3 Å². The fraction of sp³-hybridized carbons (Fsp3) is 0.0556. The topological polar surface area (TPSA) is 79.2 Å². The number of fused-ring (bicyclic) bond motifs is 1. The summed E-state index contributed by atoms with van der Waals surface area (Å²) in [6.45, 7) is -0.368. The van der Waals surface area contributed by atoms with Crippen LogP contribution in [0.5, 0.6) is 0 Å². The molecule has 0 aliphatic rings. The van der Waals surface area contributed by atoms with Gasteiger partial charge in [-0.25, -0.2) is 4.79 Å². The number of hydrogen-bond acceptors (Lipinski definition) is 5. The van der Waals surface area contributed by atoms with E-state index in [0.717, 1.165) is 10.1 Å². The fourth-order valence-electron chi connectivity index (χ4n) is 2.11. The van der Waals surface area contributed by atoms with Gasteiger partial charge in [-0.3, -0.25) is 4.79 Å². The van der Waals surface area contributed by atoms with Crippen molar-refractivity contribution < 1.29 is 14.3 Å². The molecule has 0 aliphatic heterocycles. The molecule has 1 heterocycles. The van der Waals surface area contributed by atoms with Gasteiger partial charge >= 0.3 is 5.97 Å². The molecule has 2 aromatic carbocycles. The van der Waals surface area contributed by atoms with E-state index < -0.39 is 11.9 Å². The number of nitrogens with one attached hydrogen (secondary N) is 1. The molecule has 3 aromatic rings. The second kappa shape index (κ2) is 6.94. The van der Waals surface area contributed by atoms with Crippen LogP contribution in [0.25, 0.3) is 10.1 Å². The maximum absolute atomic E-state index is 12.0. The van der Waals surface area contributed by atoms with Crippen molar-refractivity contribution in [1.82, 2.24) is 0 Å². The third-order valence-corrected chi connectivity index (χ3v) is 4.35. The zero-order chi connectivity index (χ0) is 16.9. The molecule has 0 saturated carbocycles. The number of thiophene rings is 1. The third kappa shape index (κ3) is 3.59. The van der Waals surface area contributed by atoms with Gasteiger partial charge in [0.25, 0.3) is 5.91 Å². The number of benzene rings is 2. The van der Waals surface area contributed by atoms with Crippen molar-refractivity contribution in [2.24, 2.45) is 0 Å². The average Bonchev–Trinajstić information content (AvgIpc) is 3.04. The SMILES string of the molecule is N#Cc1ccc(NC(=O)COC(=O)c2cc3ccccc3s2)cc1. The van der Waals surface area contributed by atoms with Crippen LogP contribution < -0.4 is 5.32 Å². The molecule has 1 amide bonds. The largest absolute Gasteiger partial charge is 0.451 e. The van der Waals surface area contributed by atoms with E-state index in [4.69, 9.17) is 10.00 Å². The molecule has 118 valence electrons. The lowest BCUT2D eigenvalue weighted by atomic mass is 10.2. The summed E-state index contributed by atoms with van der Waals surface area (Å²) in [5, 5.41) is 12.3. The van der Waals surface area contributed by atoms with Crippen LogP contribution in [0.2, 0.25) is 0 Å². The Bertz CT molecular complexity index is 906. The molecule has 0 saturated heterocycles. The van der Waals surface area contributed by atoms with Crippen LogP contribution in [0.15, 0.2) is 54.6 Å². The molecule has 5 nitrogen and oxygen atoms in total. The average molecular weight is 336 g/mol. The number of ether oxygens (including phenoxy) is 1. The third-order valence-electron chi connectivity index (χ3n) is 3.26. The second-order valence-corrected chi connectivity index (χ2v) is 6.05. The lowest BCUT2D eigenvalue weighted by molar-refractivity contribution is -0.119. The minimum atomic E-state index is -0.522. The highest BCUT2D eigenvalue weighted by Gasteiger charge is 2.13. The van der Waals surface area contributed by atoms with Crippen molar-refractivity contribution in [3.63, 3.8) is 0 Å². The highest BCUT2D eigenvalue weighted by molar-refractivity contribution is 7.20. The van der Waals surface area contributed by atoms with Crippen molar-refractivity contribution in [2.45, 2.75) is 0 Å². The van der Waals surface area contributed by atoms with Gasteiger partial charge in [0.15, 0.2) is 6.61 Å². The first-order chi connectivity index (χ1) is 11.7. The molecule has 0 spiro atoms. The molecule has 0 radical (unpaired) electrons. The van der Waals surface area contributed by atoms with Crippen LogP contribution in [0.3, 0.4) is 0 Å². The predicted molar refractivity (Wildman–Crippen MR) is 91.9 cm³/mol. The summed E-state index contributed by atoms with van der Waals surface area (Å²) in [6.07, 6.45) is 0. The van der Waals surface area contributed by atoms with Gasteiger partial charge in [0.1, 0.15) is 4.88 Å². The number of rotatable bonds is 4. The van der Waals surface area contributed by atoms with Gasteiger partial charge in [-0.2, -0.15) is 5.26 Å². The highest BCUT2D eigenvalue weighted by atomic mass is 32.1. The summed E-state index contributed by atoms with van der Waals surface area (Å²) in [5.41, 5.74) is 1.04. The van der Waals surface area contributed by atoms with Crippen molar-refractivity contribution in [1.29, 1.82) is 5.26 Å². The summed E-state index contributed by atoms with van der Waals surface area (Å²) in [6, 6.07) is 17.8. The first-order valence-corrected chi connectivity index (χ1v) is 7.93. The van der Waals surface area contributed by atoms with E-state index in [2.05, 4.69) is 5.32 Å². The smallest absolute Gasteiger partial charge is 0.348 e. The van der Waals surface area contributed by atoms with E-state index in [1.54, 1.807) is 30.3 Å². The highest BCUT2D eigenvalue weighted by Crippen LogP contribution is 2.25. The second-order valence-electron chi connectivity index (χ2n) is 4.96. The fourth-order valence-corrected chi connectivity index (χ4v) is 3.07. The normalized spacial score (nSPS) is 10.1. The molecule has 0 unspecified atom stereocenters. The predicted octanol–water partition coefficient (Wildman–Crippen LogP) is 3.57. The van der Waals surface area contributed by atoms with Crippen LogP contribution in [0.4, 0.5) is 5.69 Å². The zero-order valence-corrected chi connectivity index (χ0v) is 13.3. The van der Waals surface area contributed by atoms with Crippen molar-refractivity contribution in [3.05, 3.63) is 65.0 Å². The van der Waals surface area contributed by atoms with Gasteiger partial charge in [0.2, 0.25) is 0 Å². The first-order valence-electron chi connectivity index (χ1n) is 7.11. The Morgan fingerprint density at radius 1 is 1.12 bits per heavy atom. The molecule has 0 aliphatic carbocycles.